The number of aliphatic carboxylic acids is 1. The Morgan fingerprint density at radius 1 is 1.36 bits per heavy atom. The first kappa shape index (κ1) is 21.4. The van der Waals surface area contributed by atoms with Gasteiger partial charge in [0.2, 0.25) is 11.7 Å². The van der Waals surface area contributed by atoms with E-state index in [9.17, 15) is 24.9 Å². The monoisotopic (exact) mass is 373 g/mol. The van der Waals surface area contributed by atoms with E-state index in [0.29, 0.717) is 0 Å². The third kappa shape index (κ3) is 6.27. The molecule has 0 fully saturated rings. The number of aliphatic hydroxyl groups is 3. The van der Waals surface area contributed by atoms with Crippen LogP contribution in [-0.4, -0.2) is 71.3 Å². The molecule has 142 valence electrons. The number of carbonyl (C=O) groups is 2. The largest absolute Gasteiger partial charge is 0.478 e. The molecule has 5 N–H and O–H groups in total. The number of hydrogen-bond donors (Lipinski definition) is 5. The first-order chi connectivity index (χ1) is 11.5. The quantitative estimate of drug-likeness (QED) is 0.384. The molecule has 25 heavy (non-hydrogen) atoms. The van der Waals surface area contributed by atoms with Crippen molar-refractivity contribution in [1.29, 1.82) is 0 Å². The molecule has 0 radical (unpaired) electrons. The number of carboxylic acid groups (broad SMARTS) is 1. The van der Waals surface area contributed by atoms with E-state index < -0.39 is 50.9 Å². The van der Waals surface area contributed by atoms with Crippen LogP contribution >= 0.6 is 0 Å². The van der Waals surface area contributed by atoms with Crippen LogP contribution in [0.1, 0.15) is 6.92 Å². The number of carbonyl (C=O) groups excluding carboxylic acids is 1. The average Bonchev–Trinajstić information content (AvgIpc) is 2.50. The maximum absolute atomic E-state index is 11.6. The van der Waals surface area contributed by atoms with Gasteiger partial charge in [-0.05, 0) is 6.08 Å². The maximum Gasteiger partial charge on any atom is 0.370 e. The molecule has 0 spiro atoms. The van der Waals surface area contributed by atoms with Crippen LogP contribution in [0.2, 0.25) is 19.6 Å². The fraction of sp³-hybridized carbons (Fsp3) is 0.625. The molecular weight excluding hydrogens is 346 g/mol. The molecule has 0 aromatic heterocycles. The maximum atomic E-state index is 11.6. The third-order valence-electron chi connectivity index (χ3n) is 3.69. The standard InChI is InChI=1S/C16H27NO7Si/c1-9(19)17-13-10(5-6-25(2,3)4)7-12(16(22)23)24-15(13)14(21)11(20)8-18/h5-7,10-11,13-15,18,20-21H,8H2,1-4H3,(H,17,19)(H,22,23)/b6-5+. The van der Waals surface area contributed by atoms with Crippen LogP contribution < -0.4 is 5.32 Å². The van der Waals surface area contributed by atoms with E-state index in [1.807, 2.05) is 5.70 Å². The van der Waals surface area contributed by atoms with Crippen LogP contribution in [0, 0.1) is 5.92 Å². The molecule has 9 heteroatoms. The van der Waals surface area contributed by atoms with Crippen LogP contribution in [0.5, 0.6) is 0 Å². The van der Waals surface area contributed by atoms with Crippen LogP contribution in [0.25, 0.3) is 0 Å². The average molecular weight is 373 g/mol. The summed E-state index contributed by atoms with van der Waals surface area (Å²) in [6.07, 6.45) is -1.17. The SMILES string of the molecule is CC(=O)NC1C(/C=C/[Si](C)(C)C)C=C(C(=O)O)OC1C(O)C(O)CO. The summed E-state index contributed by atoms with van der Waals surface area (Å²) in [6.45, 7) is 6.86. The lowest BCUT2D eigenvalue weighted by molar-refractivity contribution is -0.146. The van der Waals surface area contributed by atoms with Crippen LogP contribution in [0.4, 0.5) is 0 Å². The van der Waals surface area contributed by atoms with E-state index in [4.69, 9.17) is 9.84 Å². The predicted octanol–water partition coefficient (Wildman–Crippen LogP) is -0.378. The lowest BCUT2D eigenvalue weighted by Crippen LogP contribution is -2.57. The summed E-state index contributed by atoms with van der Waals surface area (Å²) in [5, 5.41) is 40.9. The van der Waals surface area contributed by atoms with Gasteiger partial charge in [0.1, 0.15) is 18.3 Å². The van der Waals surface area contributed by atoms with Gasteiger partial charge in [0.15, 0.2) is 0 Å². The fourth-order valence-electron chi connectivity index (χ4n) is 2.48. The molecule has 0 aromatic rings. The highest BCUT2D eigenvalue weighted by Gasteiger charge is 2.42. The summed E-state index contributed by atoms with van der Waals surface area (Å²) >= 11 is 0. The fourth-order valence-corrected chi connectivity index (χ4v) is 3.28. The summed E-state index contributed by atoms with van der Waals surface area (Å²) in [5.41, 5.74) is 2.00. The lowest BCUT2D eigenvalue weighted by Gasteiger charge is -2.39. The smallest absolute Gasteiger partial charge is 0.370 e. The Morgan fingerprint density at radius 3 is 2.40 bits per heavy atom. The highest BCUT2D eigenvalue weighted by atomic mass is 28.3. The van der Waals surface area contributed by atoms with Crippen molar-refractivity contribution in [3.63, 3.8) is 0 Å². The van der Waals surface area contributed by atoms with Gasteiger partial charge in [-0.3, -0.25) is 4.79 Å². The topological polar surface area (TPSA) is 136 Å². The Morgan fingerprint density at radius 2 is 1.96 bits per heavy atom. The minimum Gasteiger partial charge on any atom is -0.478 e. The molecule has 0 saturated heterocycles. The number of nitrogens with one attached hydrogen (secondary N) is 1. The Balaban J connectivity index is 3.30. The number of carboxylic acids is 1. The second-order valence-electron chi connectivity index (χ2n) is 7.19. The minimum atomic E-state index is -1.60. The molecule has 1 amide bonds. The molecule has 1 aliphatic heterocycles. The normalized spacial score (nSPS) is 26.5. The molecule has 5 atom stereocenters. The molecule has 0 saturated carbocycles. The van der Waals surface area contributed by atoms with Gasteiger partial charge in [0.25, 0.3) is 0 Å². The third-order valence-corrected chi connectivity index (χ3v) is 4.88. The second-order valence-corrected chi connectivity index (χ2v) is 12.3. The Hall–Kier alpha value is -1.68. The van der Waals surface area contributed by atoms with Crippen molar-refractivity contribution in [2.75, 3.05) is 6.61 Å². The first-order valence-corrected chi connectivity index (χ1v) is 11.6. The van der Waals surface area contributed by atoms with Crippen molar-refractivity contribution >= 4 is 20.0 Å². The zero-order valence-electron chi connectivity index (χ0n) is 14.8. The number of amides is 1. The molecule has 1 heterocycles. The van der Waals surface area contributed by atoms with E-state index in [1.54, 1.807) is 6.08 Å². The van der Waals surface area contributed by atoms with Crippen molar-refractivity contribution in [2.24, 2.45) is 5.92 Å². The Kier molecular flexibility index (Phi) is 7.36. The van der Waals surface area contributed by atoms with Crippen molar-refractivity contribution in [1.82, 2.24) is 5.32 Å². The van der Waals surface area contributed by atoms with E-state index in [-0.39, 0.29) is 11.7 Å². The zero-order valence-corrected chi connectivity index (χ0v) is 15.8. The van der Waals surface area contributed by atoms with Gasteiger partial charge in [-0.2, -0.15) is 0 Å². The van der Waals surface area contributed by atoms with E-state index in [2.05, 4.69) is 25.0 Å². The van der Waals surface area contributed by atoms with Crippen molar-refractivity contribution < 1.29 is 34.8 Å². The molecule has 0 aromatic carbocycles. The van der Waals surface area contributed by atoms with Gasteiger partial charge in [-0.25, -0.2) is 4.79 Å². The molecule has 0 bridgehead atoms. The molecule has 1 rings (SSSR count). The Labute approximate surface area is 147 Å². The summed E-state index contributed by atoms with van der Waals surface area (Å²) in [5.74, 6) is -2.62. The highest BCUT2D eigenvalue weighted by molar-refractivity contribution is 6.80. The lowest BCUT2D eigenvalue weighted by atomic mass is 9.87. The van der Waals surface area contributed by atoms with Gasteiger partial charge in [-0.1, -0.05) is 31.4 Å². The molecule has 8 nitrogen and oxygen atoms in total. The molecule has 0 aliphatic carbocycles. The number of rotatable bonds is 7. The van der Waals surface area contributed by atoms with Gasteiger partial charge >= 0.3 is 5.97 Å². The van der Waals surface area contributed by atoms with E-state index in [1.165, 1.54) is 13.0 Å². The van der Waals surface area contributed by atoms with Gasteiger partial charge in [0, 0.05) is 12.8 Å². The van der Waals surface area contributed by atoms with Crippen molar-refractivity contribution in [2.45, 2.75) is 50.9 Å². The highest BCUT2D eigenvalue weighted by Crippen LogP contribution is 2.28. The van der Waals surface area contributed by atoms with Gasteiger partial charge in [0.05, 0.1) is 20.7 Å². The number of aliphatic hydroxyl groups excluding tert-OH is 3. The van der Waals surface area contributed by atoms with Crippen LogP contribution in [0.3, 0.4) is 0 Å². The summed E-state index contributed by atoms with van der Waals surface area (Å²) in [6, 6.07) is -0.788. The van der Waals surface area contributed by atoms with Crippen molar-refractivity contribution in [3.8, 4) is 0 Å². The van der Waals surface area contributed by atoms with Crippen molar-refractivity contribution in [3.05, 3.63) is 23.6 Å². The van der Waals surface area contributed by atoms with E-state index in [0.717, 1.165) is 0 Å². The summed E-state index contributed by atoms with van der Waals surface area (Å²) < 4.78 is 5.31. The number of ether oxygens (including phenoxy) is 1. The van der Waals surface area contributed by atoms with Gasteiger partial charge in [-0.15, -0.1) is 0 Å². The van der Waals surface area contributed by atoms with Crippen LogP contribution in [0.15, 0.2) is 23.6 Å². The summed E-state index contributed by atoms with van der Waals surface area (Å²) in [4.78, 5) is 22.9. The Bertz CT molecular complexity index is 555. The second kappa shape index (κ2) is 8.61. The number of hydrogen-bond acceptors (Lipinski definition) is 6. The predicted molar refractivity (Wildman–Crippen MR) is 93.3 cm³/mol. The van der Waals surface area contributed by atoms with Crippen LogP contribution in [-0.2, 0) is 14.3 Å². The molecule has 5 unspecified atom stereocenters. The summed E-state index contributed by atoms with van der Waals surface area (Å²) in [7, 11) is -1.60. The molecule has 1 aliphatic rings. The van der Waals surface area contributed by atoms with Gasteiger partial charge < -0.3 is 30.5 Å². The molecular formula is C16H27NO7Si. The minimum absolute atomic E-state index is 0.374. The zero-order chi connectivity index (χ0) is 19.4. The first-order valence-electron chi connectivity index (χ1n) is 8.01. The van der Waals surface area contributed by atoms with E-state index >= 15 is 0 Å².